The summed E-state index contributed by atoms with van der Waals surface area (Å²) in [6, 6.07) is -0.791. The van der Waals surface area contributed by atoms with Gasteiger partial charge in [0.05, 0.1) is 6.54 Å². The van der Waals surface area contributed by atoms with Gasteiger partial charge in [-0.2, -0.15) is 0 Å². The molecule has 2 rings (SSSR count). The summed E-state index contributed by atoms with van der Waals surface area (Å²) in [5.41, 5.74) is 0. The maximum atomic E-state index is 12.8. The van der Waals surface area contributed by atoms with Crippen LogP contribution in [-0.4, -0.2) is 66.3 Å². The molecule has 22 heavy (non-hydrogen) atoms. The van der Waals surface area contributed by atoms with E-state index in [4.69, 9.17) is 9.47 Å². The Morgan fingerprint density at radius 3 is 2.55 bits per heavy atom. The van der Waals surface area contributed by atoms with E-state index in [0.717, 1.165) is 12.8 Å². The molecule has 0 aromatic carbocycles. The zero-order valence-electron chi connectivity index (χ0n) is 13.5. The van der Waals surface area contributed by atoms with Crippen LogP contribution in [0.15, 0.2) is 12.7 Å². The Balaban J connectivity index is 2.18. The number of amides is 2. The third-order valence-corrected chi connectivity index (χ3v) is 4.21. The van der Waals surface area contributed by atoms with E-state index in [1.165, 1.54) is 0 Å². The summed E-state index contributed by atoms with van der Waals surface area (Å²) >= 11 is 0. The Kier molecular flexibility index (Phi) is 5.97. The largest absolute Gasteiger partial charge is 0.351 e. The minimum atomic E-state index is -0.494. The molecule has 124 valence electrons. The maximum absolute atomic E-state index is 12.8. The molecule has 0 unspecified atom stereocenters. The van der Waals surface area contributed by atoms with Crippen molar-refractivity contribution in [1.29, 1.82) is 0 Å². The standard InChI is InChI=1S/C16H26N2O4/c1-4-8-12-15(19)17-10-7-9-13(17)16(20)18(12)11-14(21-5-2)22-6-3/h4,12-14H,1,5-11H2,2-3H3/t12-,13-/m0/s1. The van der Waals surface area contributed by atoms with Gasteiger partial charge in [-0.1, -0.05) is 6.08 Å². The number of hydrogen-bond donors (Lipinski definition) is 0. The van der Waals surface area contributed by atoms with E-state index in [-0.39, 0.29) is 24.4 Å². The Morgan fingerprint density at radius 2 is 1.95 bits per heavy atom. The van der Waals surface area contributed by atoms with Gasteiger partial charge >= 0.3 is 0 Å². The van der Waals surface area contributed by atoms with E-state index >= 15 is 0 Å². The zero-order valence-corrected chi connectivity index (χ0v) is 13.5. The quantitative estimate of drug-likeness (QED) is 0.499. The van der Waals surface area contributed by atoms with Crippen molar-refractivity contribution in [2.75, 3.05) is 26.3 Å². The number of carbonyl (C=O) groups excluding carboxylic acids is 2. The zero-order chi connectivity index (χ0) is 16.1. The molecule has 2 saturated heterocycles. The van der Waals surface area contributed by atoms with E-state index in [2.05, 4.69) is 6.58 Å². The van der Waals surface area contributed by atoms with Gasteiger partial charge in [-0.25, -0.2) is 0 Å². The first-order valence-electron chi connectivity index (χ1n) is 8.09. The van der Waals surface area contributed by atoms with Gasteiger partial charge in [0, 0.05) is 19.8 Å². The van der Waals surface area contributed by atoms with E-state index in [0.29, 0.717) is 26.2 Å². The predicted molar refractivity (Wildman–Crippen MR) is 82.1 cm³/mol. The first-order chi connectivity index (χ1) is 10.6. The van der Waals surface area contributed by atoms with Crippen LogP contribution in [0.3, 0.4) is 0 Å². The van der Waals surface area contributed by atoms with E-state index in [1.54, 1.807) is 15.9 Å². The van der Waals surface area contributed by atoms with Crippen LogP contribution in [0.5, 0.6) is 0 Å². The Labute approximate surface area is 132 Å². The fourth-order valence-electron chi connectivity index (χ4n) is 3.25. The van der Waals surface area contributed by atoms with Crippen LogP contribution in [0.1, 0.15) is 33.1 Å². The average molecular weight is 310 g/mol. The van der Waals surface area contributed by atoms with Gasteiger partial charge in [-0.05, 0) is 33.1 Å². The van der Waals surface area contributed by atoms with Gasteiger partial charge in [0.2, 0.25) is 11.8 Å². The molecule has 0 radical (unpaired) electrons. The fourth-order valence-corrected chi connectivity index (χ4v) is 3.25. The highest BCUT2D eigenvalue weighted by molar-refractivity contribution is 5.97. The second kappa shape index (κ2) is 7.74. The van der Waals surface area contributed by atoms with Crippen LogP contribution >= 0.6 is 0 Å². The normalized spacial score (nSPS) is 25.0. The van der Waals surface area contributed by atoms with Gasteiger partial charge in [0.25, 0.3) is 0 Å². The lowest BCUT2D eigenvalue weighted by Gasteiger charge is -2.43. The number of piperazine rings is 1. The SMILES string of the molecule is C=CC[C@H]1C(=O)N2CCC[C@H]2C(=O)N1CC(OCC)OCC. The van der Waals surface area contributed by atoms with E-state index in [1.807, 2.05) is 13.8 Å². The molecule has 2 aliphatic rings. The lowest BCUT2D eigenvalue weighted by Crippen LogP contribution is -2.64. The molecule has 2 amide bonds. The molecule has 0 aromatic rings. The van der Waals surface area contributed by atoms with Crippen molar-refractivity contribution >= 4 is 11.8 Å². The van der Waals surface area contributed by atoms with Crippen molar-refractivity contribution in [1.82, 2.24) is 9.80 Å². The van der Waals surface area contributed by atoms with Gasteiger partial charge in [-0.15, -0.1) is 6.58 Å². The van der Waals surface area contributed by atoms with E-state index in [9.17, 15) is 9.59 Å². The molecule has 2 fully saturated rings. The molecule has 2 aliphatic heterocycles. The predicted octanol–water partition coefficient (Wildman–Crippen LogP) is 1.16. The lowest BCUT2D eigenvalue weighted by atomic mass is 10.0. The first kappa shape index (κ1) is 17.0. The molecular weight excluding hydrogens is 284 g/mol. The smallest absolute Gasteiger partial charge is 0.246 e. The lowest BCUT2D eigenvalue weighted by molar-refractivity contribution is -0.176. The average Bonchev–Trinajstić information content (AvgIpc) is 2.98. The van der Waals surface area contributed by atoms with Crippen LogP contribution in [0.2, 0.25) is 0 Å². The fraction of sp³-hybridized carbons (Fsp3) is 0.750. The van der Waals surface area contributed by atoms with Crippen LogP contribution in [0, 0.1) is 0 Å². The minimum absolute atomic E-state index is 0.00774. The van der Waals surface area contributed by atoms with E-state index < -0.39 is 12.3 Å². The van der Waals surface area contributed by atoms with Crippen molar-refractivity contribution in [3.8, 4) is 0 Å². The molecule has 0 bridgehead atoms. The van der Waals surface area contributed by atoms with Crippen molar-refractivity contribution in [2.45, 2.75) is 51.5 Å². The second-order valence-corrected chi connectivity index (χ2v) is 5.56. The van der Waals surface area contributed by atoms with Crippen LogP contribution in [0.4, 0.5) is 0 Å². The number of hydrogen-bond acceptors (Lipinski definition) is 4. The van der Waals surface area contributed by atoms with Crippen molar-refractivity contribution in [3.63, 3.8) is 0 Å². The highest BCUT2D eigenvalue weighted by Crippen LogP contribution is 2.28. The minimum Gasteiger partial charge on any atom is -0.351 e. The summed E-state index contributed by atoms with van der Waals surface area (Å²) in [4.78, 5) is 28.8. The molecule has 6 nitrogen and oxygen atoms in total. The topological polar surface area (TPSA) is 59.1 Å². The van der Waals surface area contributed by atoms with Crippen molar-refractivity contribution in [2.24, 2.45) is 0 Å². The van der Waals surface area contributed by atoms with Gasteiger partial charge in [0.1, 0.15) is 12.1 Å². The van der Waals surface area contributed by atoms with Gasteiger partial charge < -0.3 is 19.3 Å². The number of ether oxygens (including phenoxy) is 2. The summed E-state index contributed by atoms with van der Waals surface area (Å²) in [5, 5.41) is 0. The van der Waals surface area contributed by atoms with Crippen LogP contribution in [0.25, 0.3) is 0 Å². The molecule has 2 atom stereocenters. The number of fused-ring (bicyclic) bond motifs is 1. The van der Waals surface area contributed by atoms with Crippen LogP contribution < -0.4 is 0 Å². The van der Waals surface area contributed by atoms with Crippen molar-refractivity contribution in [3.05, 3.63) is 12.7 Å². The molecule has 0 spiro atoms. The Morgan fingerprint density at radius 1 is 1.27 bits per heavy atom. The molecule has 0 N–H and O–H groups in total. The maximum Gasteiger partial charge on any atom is 0.246 e. The molecule has 0 aromatic heterocycles. The number of carbonyl (C=O) groups is 2. The Hall–Kier alpha value is -1.40. The highest BCUT2D eigenvalue weighted by atomic mass is 16.7. The molecule has 0 saturated carbocycles. The summed E-state index contributed by atoms with van der Waals surface area (Å²) < 4.78 is 11.1. The summed E-state index contributed by atoms with van der Waals surface area (Å²) in [6.07, 6.45) is 3.29. The third-order valence-electron chi connectivity index (χ3n) is 4.21. The number of nitrogens with zero attached hydrogens (tertiary/aromatic N) is 2. The Bertz CT molecular complexity index is 420. The molecular formula is C16H26N2O4. The monoisotopic (exact) mass is 310 g/mol. The second-order valence-electron chi connectivity index (χ2n) is 5.56. The number of rotatable bonds is 8. The third kappa shape index (κ3) is 3.33. The highest BCUT2D eigenvalue weighted by Gasteiger charge is 2.47. The van der Waals surface area contributed by atoms with Gasteiger partial charge in [-0.3, -0.25) is 9.59 Å². The first-order valence-corrected chi connectivity index (χ1v) is 8.09. The van der Waals surface area contributed by atoms with Gasteiger partial charge in [0.15, 0.2) is 6.29 Å². The van der Waals surface area contributed by atoms with Crippen LogP contribution in [-0.2, 0) is 19.1 Å². The summed E-state index contributed by atoms with van der Waals surface area (Å²) in [6.45, 7) is 9.45. The van der Waals surface area contributed by atoms with Crippen molar-refractivity contribution < 1.29 is 19.1 Å². The molecule has 6 heteroatoms. The molecule has 0 aliphatic carbocycles. The summed E-state index contributed by atoms with van der Waals surface area (Å²) in [5.74, 6) is 0.0297. The molecule has 2 heterocycles. The summed E-state index contributed by atoms with van der Waals surface area (Å²) in [7, 11) is 0.